The number of hydrogen-bond donors (Lipinski definition) is 1. The van der Waals surface area contributed by atoms with E-state index in [4.69, 9.17) is 9.72 Å². The lowest BCUT2D eigenvalue weighted by atomic mass is 10.1. The molecule has 0 unspecified atom stereocenters. The van der Waals surface area contributed by atoms with Gasteiger partial charge in [0.25, 0.3) is 5.56 Å². The lowest BCUT2D eigenvalue weighted by Gasteiger charge is -2.29. The molecule has 1 aliphatic rings. The number of fused-ring (bicyclic) bond motifs is 1. The predicted octanol–water partition coefficient (Wildman–Crippen LogP) is 3.10. The molecule has 2 heterocycles. The molecule has 7 heteroatoms. The minimum atomic E-state index is -0.115. The van der Waals surface area contributed by atoms with Crippen LogP contribution in [0.2, 0.25) is 0 Å². The molecule has 3 aromatic rings. The molecule has 162 valence electrons. The molecule has 31 heavy (non-hydrogen) atoms. The van der Waals surface area contributed by atoms with Gasteiger partial charge in [0.1, 0.15) is 5.75 Å². The van der Waals surface area contributed by atoms with Crippen LogP contribution in [0.25, 0.3) is 10.9 Å². The summed E-state index contributed by atoms with van der Waals surface area (Å²) in [6.07, 6.45) is 3.57. The third kappa shape index (κ3) is 4.71. The first-order chi connectivity index (χ1) is 15.2. The number of nitrogens with one attached hydrogen (secondary N) is 1. The Labute approximate surface area is 181 Å². The van der Waals surface area contributed by atoms with Crippen molar-refractivity contribution in [2.75, 3.05) is 25.1 Å². The van der Waals surface area contributed by atoms with Crippen molar-refractivity contribution in [2.45, 2.75) is 38.8 Å². The zero-order valence-electron chi connectivity index (χ0n) is 17.8. The topological polar surface area (TPSA) is 76.5 Å². The maximum Gasteiger partial charge on any atom is 0.262 e. The smallest absolute Gasteiger partial charge is 0.262 e. The second-order valence-electron chi connectivity index (χ2n) is 7.77. The highest BCUT2D eigenvalue weighted by Crippen LogP contribution is 2.20. The number of amides is 1. The molecule has 1 amide bonds. The summed E-state index contributed by atoms with van der Waals surface area (Å²) in [6, 6.07) is 15.0. The minimum Gasteiger partial charge on any atom is -0.496 e. The van der Waals surface area contributed by atoms with Gasteiger partial charge in [0.05, 0.1) is 18.0 Å². The van der Waals surface area contributed by atoms with E-state index in [9.17, 15) is 9.59 Å². The van der Waals surface area contributed by atoms with E-state index in [1.54, 1.807) is 17.7 Å². The second kappa shape index (κ2) is 9.64. The number of carbonyl (C=O) groups excluding carboxylic acids is 1. The maximum atomic E-state index is 13.2. The number of anilines is 1. The van der Waals surface area contributed by atoms with E-state index in [0.29, 0.717) is 29.9 Å². The molecule has 0 aliphatic carbocycles. The SMILES string of the molecule is COc1ccccc1CNC(=O)CCn1c(N2CCCCC2)nc2ccccc2c1=O. The van der Waals surface area contributed by atoms with Crippen LogP contribution in [0.3, 0.4) is 0 Å². The summed E-state index contributed by atoms with van der Waals surface area (Å²) >= 11 is 0. The molecule has 0 atom stereocenters. The van der Waals surface area contributed by atoms with Crippen molar-refractivity contribution in [1.29, 1.82) is 0 Å². The minimum absolute atomic E-state index is 0.0938. The summed E-state index contributed by atoms with van der Waals surface area (Å²) in [5, 5.41) is 3.51. The first-order valence-electron chi connectivity index (χ1n) is 10.8. The van der Waals surface area contributed by atoms with E-state index in [1.165, 1.54) is 6.42 Å². The van der Waals surface area contributed by atoms with Crippen LogP contribution < -0.4 is 20.5 Å². The molecular formula is C24H28N4O3. The van der Waals surface area contributed by atoms with Crippen LogP contribution >= 0.6 is 0 Å². The zero-order valence-corrected chi connectivity index (χ0v) is 17.8. The Morgan fingerprint density at radius 1 is 1.06 bits per heavy atom. The average molecular weight is 421 g/mol. The van der Waals surface area contributed by atoms with Gasteiger partial charge in [-0.25, -0.2) is 4.98 Å². The van der Waals surface area contributed by atoms with Crippen LogP contribution in [0.5, 0.6) is 5.75 Å². The van der Waals surface area contributed by atoms with Crippen LogP contribution in [-0.4, -0.2) is 35.7 Å². The standard InChI is InChI=1S/C24H28N4O3/c1-31-21-12-6-3-9-18(21)17-25-22(29)13-16-28-23(30)19-10-4-5-11-20(19)26-24(28)27-14-7-2-8-15-27/h3-6,9-12H,2,7-8,13-17H2,1H3,(H,25,29). The maximum absolute atomic E-state index is 13.2. The van der Waals surface area contributed by atoms with Crippen LogP contribution in [0.15, 0.2) is 53.3 Å². The van der Waals surface area contributed by atoms with Crippen LogP contribution in [0.1, 0.15) is 31.2 Å². The Kier molecular flexibility index (Phi) is 6.50. The number of nitrogens with zero attached hydrogens (tertiary/aromatic N) is 3. The van der Waals surface area contributed by atoms with Gasteiger partial charge >= 0.3 is 0 Å². The second-order valence-corrected chi connectivity index (χ2v) is 7.77. The highest BCUT2D eigenvalue weighted by molar-refractivity contribution is 5.79. The summed E-state index contributed by atoms with van der Waals surface area (Å²) in [5.74, 6) is 1.29. The number of benzene rings is 2. The van der Waals surface area contributed by atoms with Crippen LogP contribution in [0, 0.1) is 0 Å². The monoisotopic (exact) mass is 420 g/mol. The zero-order chi connectivity index (χ0) is 21.6. The summed E-state index contributed by atoms with van der Waals surface area (Å²) < 4.78 is 7.00. The lowest BCUT2D eigenvalue weighted by molar-refractivity contribution is -0.121. The van der Waals surface area contributed by atoms with Gasteiger partial charge in [0.15, 0.2) is 0 Å². The Morgan fingerprint density at radius 3 is 2.61 bits per heavy atom. The van der Waals surface area contributed by atoms with Crippen molar-refractivity contribution in [2.24, 2.45) is 0 Å². The van der Waals surface area contributed by atoms with E-state index >= 15 is 0 Å². The van der Waals surface area contributed by atoms with Crippen LogP contribution in [0.4, 0.5) is 5.95 Å². The quantitative estimate of drug-likeness (QED) is 0.636. The number of para-hydroxylation sites is 2. The summed E-state index contributed by atoms with van der Waals surface area (Å²) in [5.41, 5.74) is 1.52. The molecule has 2 aromatic carbocycles. The third-order valence-electron chi connectivity index (χ3n) is 5.71. The van der Waals surface area contributed by atoms with E-state index in [0.717, 1.165) is 37.2 Å². The molecule has 1 fully saturated rings. The van der Waals surface area contributed by atoms with Gasteiger partial charge in [-0.2, -0.15) is 0 Å². The summed E-state index contributed by atoms with van der Waals surface area (Å²) in [6.45, 7) is 2.43. The summed E-state index contributed by atoms with van der Waals surface area (Å²) in [4.78, 5) is 32.7. The fourth-order valence-electron chi connectivity index (χ4n) is 4.04. The van der Waals surface area contributed by atoms with E-state index in [1.807, 2.05) is 42.5 Å². The van der Waals surface area contributed by atoms with Crippen LogP contribution in [-0.2, 0) is 17.9 Å². The molecule has 4 rings (SSSR count). The van der Waals surface area contributed by atoms with Gasteiger partial charge in [-0.05, 0) is 37.5 Å². The molecule has 1 aromatic heterocycles. The predicted molar refractivity (Wildman–Crippen MR) is 122 cm³/mol. The molecule has 0 radical (unpaired) electrons. The van der Waals surface area contributed by atoms with Gasteiger partial charge in [0.2, 0.25) is 11.9 Å². The van der Waals surface area contributed by atoms with E-state index < -0.39 is 0 Å². The van der Waals surface area contributed by atoms with Gasteiger partial charge < -0.3 is 15.0 Å². The first-order valence-corrected chi connectivity index (χ1v) is 10.8. The Bertz CT molecular complexity index is 1120. The molecule has 0 saturated carbocycles. The highest BCUT2D eigenvalue weighted by atomic mass is 16.5. The first kappa shape index (κ1) is 20.9. The molecule has 0 spiro atoms. The number of piperidine rings is 1. The highest BCUT2D eigenvalue weighted by Gasteiger charge is 2.19. The van der Waals surface area contributed by atoms with E-state index in [-0.39, 0.29) is 17.9 Å². The Balaban J connectivity index is 1.52. The number of rotatable bonds is 7. The van der Waals surface area contributed by atoms with Gasteiger partial charge in [-0.3, -0.25) is 14.2 Å². The largest absolute Gasteiger partial charge is 0.496 e. The Morgan fingerprint density at radius 2 is 1.81 bits per heavy atom. The third-order valence-corrected chi connectivity index (χ3v) is 5.71. The van der Waals surface area contributed by atoms with Gasteiger partial charge in [-0.1, -0.05) is 30.3 Å². The van der Waals surface area contributed by atoms with Crippen molar-refractivity contribution in [3.05, 3.63) is 64.4 Å². The number of hydrogen-bond acceptors (Lipinski definition) is 5. The van der Waals surface area contributed by atoms with Crippen molar-refractivity contribution in [3.63, 3.8) is 0 Å². The lowest BCUT2D eigenvalue weighted by Crippen LogP contribution is -2.37. The molecule has 1 aliphatic heterocycles. The van der Waals surface area contributed by atoms with E-state index in [2.05, 4.69) is 10.2 Å². The number of ether oxygens (including phenoxy) is 1. The fraction of sp³-hybridized carbons (Fsp3) is 0.375. The molecule has 7 nitrogen and oxygen atoms in total. The molecule has 0 bridgehead atoms. The Hall–Kier alpha value is -3.35. The van der Waals surface area contributed by atoms with Gasteiger partial charge in [0, 0.05) is 38.2 Å². The molecule has 1 saturated heterocycles. The number of carbonyl (C=O) groups is 1. The van der Waals surface area contributed by atoms with Crippen molar-refractivity contribution in [3.8, 4) is 5.75 Å². The normalized spacial score (nSPS) is 13.9. The van der Waals surface area contributed by atoms with Crippen molar-refractivity contribution < 1.29 is 9.53 Å². The van der Waals surface area contributed by atoms with Crippen molar-refractivity contribution >= 4 is 22.8 Å². The average Bonchev–Trinajstić information content (AvgIpc) is 2.82. The fourth-order valence-corrected chi connectivity index (χ4v) is 4.04. The van der Waals surface area contributed by atoms with Gasteiger partial charge in [-0.15, -0.1) is 0 Å². The molecule has 1 N–H and O–H groups in total. The summed E-state index contributed by atoms with van der Waals surface area (Å²) in [7, 11) is 1.61. The number of methoxy groups -OCH3 is 1. The molecular weight excluding hydrogens is 392 g/mol. The van der Waals surface area contributed by atoms with Crippen molar-refractivity contribution in [1.82, 2.24) is 14.9 Å². The number of aromatic nitrogens is 2.